The molecule has 1 aromatic carbocycles. The van der Waals surface area contributed by atoms with Crippen LogP contribution < -0.4 is 5.32 Å². The molecule has 1 unspecified atom stereocenters. The average Bonchev–Trinajstić information content (AvgIpc) is 2.99. The maximum Gasteiger partial charge on any atom is 0.326 e. The van der Waals surface area contributed by atoms with E-state index < -0.39 is 22.8 Å². The van der Waals surface area contributed by atoms with E-state index >= 15 is 0 Å². The second-order valence-corrected chi connectivity index (χ2v) is 5.38. The Labute approximate surface area is 148 Å². The molecule has 0 radical (unpaired) electrons. The largest absolute Gasteiger partial charge is 0.480 e. The Balaban J connectivity index is 2.27. The summed E-state index contributed by atoms with van der Waals surface area (Å²) in [7, 11) is 0. The van der Waals surface area contributed by atoms with Crippen molar-refractivity contribution in [2.24, 2.45) is 0 Å². The summed E-state index contributed by atoms with van der Waals surface area (Å²) in [6, 6.07) is 4.62. The van der Waals surface area contributed by atoms with Crippen molar-refractivity contribution in [3.8, 4) is 5.69 Å². The van der Waals surface area contributed by atoms with Crippen LogP contribution in [0.4, 0.5) is 5.69 Å². The van der Waals surface area contributed by atoms with E-state index in [1.165, 1.54) is 22.9 Å². The Bertz CT molecular complexity index is 874. The minimum Gasteiger partial charge on any atom is -0.480 e. The fourth-order valence-corrected chi connectivity index (χ4v) is 2.24. The number of carbonyl (C=O) groups excluding carboxylic acids is 1. The van der Waals surface area contributed by atoms with Gasteiger partial charge >= 0.3 is 5.97 Å². The van der Waals surface area contributed by atoms with Crippen LogP contribution in [0.15, 0.2) is 36.4 Å². The van der Waals surface area contributed by atoms with Gasteiger partial charge in [0.1, 0.15) is 6.04 Å². The zero-order valence-electron chi connectivity index (χ0n) is 14.1. The van der Waals surface area contributed by atoms with Gasteiger partial charge in [-0.1, -0.05) is 23.4 Å². The van der Waals surface area contributed by atoms with Crippen molar-refractivity contribution in [2.75, 3.05) is 0 Å². The molecule has 0 saturated carbocycles. The van der Waals surface area contributed by atoms with Gasteiger partial charge in [-0.3, -0.25) is 14.9 Å². The zero-order chi connectivity index (χ0) is 19.3. The molecular weight excluding hydrogens is 342 g/mol. The molecule has 0 aliphatic rings. The third-order valence-corrected chi connectivity index (χ3v) is 3.61. The highest BCUT2D eigenvalue weighted by molar-refractivity contribution is 5.95. The van der Waals surface area contributed by atoms with Crippen molar-refractivity contribution in [2.45, 2.75) is 26.3 Å². The van der Waals surface area contributed by atoms with Crippen LogP contribution >= 0.6 is 0 Å². The molecule has 0 fully saturated rings. The van der Waals surface area contributed by atoms with Crippen molar-refractivity contribution in [3.63, 3.8) is 0 Å². The number of carboxylic acids is 1. The van der Waals surface area contributed by atoms with E-state index in [2.05, 4.69) is 15.6 Å². The standard InChI is InChI=1S/C16H17N5O5/c1-3-4-8-13(16(23)24)17-15(22)14-10(2)20(19-18-14)11-6-5-7-12(9-11)21(25)26/h3-7,9,13H,8H2,1-2H3,(H,17,22)(H,23,24)/b4-3+. The summed E-state index contributed by atoms with van der Waals surface area (Å²) in [6.45, 7) is 3.31. The van der Waals surface area contributed by atoms with Gasteiger partial charge in [0.25, 0.3) is 11.6 Å². The third-order valence-electron chi connectivity index (χ3n) is 3.61. The van der Waals surface area contributed by atoms with Crippen molar-refractivity contribution < 1.29 is 19.6 Å². The highest BCUT2D eigenvalue weighted by Crippen LogP contribution is 2.18. The van der Waals surface area contributed by atoms with E-state index in [1.807, 2.05) is 0 Å². The first-order valence-electron chi connectivity index (χ1n) is 7.67. The summed E-state index contributed by atoms with van der Waals surface area (Å²) >= 11 is 0. The first-order valence-corrected chi connectivity index (χ1v) is 7.67. The van der Waals surface area contributed by atoms with Gasteiger partial charge in [-0.2, -0.15) is 0 Å². The highest BCUT2D eigenvalue weighted by atomic mass is 16.6. The lowest BCUT2D eigenvalue weighted by Gasteiger charge is -2.11. The normalized spacial score (nSPS) is 12.1. The van der Waals surface area contributed by atoms with Crippen LogP contribution in [0, 0.1) is 17.0 Å². The van der Waals surface area contributed by atoms with Crippen LogP contribution in [0.3, 0.4) is 0 Å². The summed E-state index contributed by atoms with van der Waals surface area (Å²) in [5, 5.41) is 30.1. The van der Waals surface area contributed by atoms with E-state index in [0.29, 0.717) is 11.4 Å². The number of aromatic nitrogens is 3. The number of carbonyl (C=O) groups is 2. The molecule has 1 aromatic heterocycles. The minimum absolute atomic E-state index is 0.0526. The van der Waals surface area contributed by atoms with Crippen molar-refractivity contribution in [3.05, 3.63) is 57.9 Å². The van der Waals surface area contributed by atoms with Gasteiger partial charge in [0.2, 0.25) is 0 Å². The second-order valence-electron chi connectivity index (χ2n) is 5.38. The SMILES string of the molecule is C/C=C/CC(NC(=O)c1nnn(-c2cccc([N+](=O)[O-])c2)c1C)C(=O)O. The Morgan fingerprint density at radius 3 is 2.81 bits per heavy atom. The number of non-ortho nitro benzene ring substituents is 1. The number of hydrogen-bond donors (Lipinski definition) is 2. The first kappa shape index (κ1) is 18.8. The molecular formula is C16H17N5O5. The van der Waals surface area contributed by atoms with E-state index in [-0.39, 0.29) is 17.8 Å². The number of amides is 1. The zero-order valence-corrected chi connectivity index (χ0v) is 14.1. The third kappa shape index (κ3) is 4.09. The van der Waals surface area contributed by atoms with Crippen LogP contribution in [-0.4, -0.2) is 42.9 Å². The number of rotatable bonds is 7. The highest BCUT2D eigenvalue weighted by Gasteiger charge is 2.24. The lowest BCUT2D eigenvalue weighted by atomic mass is 10.2. The first-order chi connectivity index (χ1) is 12.3. The predicted molar refractivity (Wildman–Crippen MR) is 91.1 cm³/mol. The molecule has 0 aliphatic heterocycles. The number of hydrogen-bond acceptors (Lipinski definition) is 6. The molecule has 10 heteroatoms. The summed E-state index contributed by atoms with van der Waals surface area (Å²) in [6.07, 6.45) is 3.45. The molecule has 1 atom stereocenters. The lowest BCUT2D eigenvalue weighted by molar-refractivity contribution is -0.384. The quantitative estimate of drug-likeness (QED) is 0.435. The van der Waals surface area contributed by atoms with Crippen LogP contribution in [0.1, 0.15) is 29.5 Å². The van der Waals surface area contributed by atoms with Gasteiger partial charge in [0.05, 0.1) is 16.3 Å². The molecule has 26 heavy (non-hydrogen) atoms. The number of aliphatic carboxylic acids is 1. The molecule has 0 spiro atoms. The molecule has 136 valence electrons. The Hall–Kier alpha value is -3.56. The predicted octanol–water partition coefficient (Wildman–Crippen LogP) is 1.63. The number of allylic oxidation sites excluding steroid dienone is 1. The van der Waals surface area contributed by atoms with E-state index in [9.17, 15) is 24.8 Å². The van der Waals surface area contributed by atoms with Gasteiger partial charge in [0.15, 0.2) is 5.69 Å². The maximum absolute atomic E-state index is 12.3. The minimum atomic E-state index is -1.17. The smallest absolute Gasteiger partial charge is 0.326 e. The molecule has 1 amide bonds. The average molecular weight is 359 g/mol. The Morgan fingerprint density at radius 1 is 1.46 bits per heavy atom. The number of nitro benzene ring substituents is 1. The second kappa shape index (κ2) is 8.01. The molecule has 0 saturated heterocycles. The van der Waals surface area contributed by atoms with Gasteiger partial charge in [-0.25, -0.2) is 9.48 Å². The van der Waals surface area contributed by atoms with Crippen LogP contribution in [-0.2, 0) is 4.79 Å². The van der Waals surface area contributed by atoms with Crippen LogP contribution in [0.5, 0.6) is 0 Å². The van der Waals surface area contributed by atoms with E-state index in [1.54, 1.807) is 32.1 Å². The fourth-order valence-electron chi connectivity index (χ4n) is 2.24. The number of nitrogens with one attached hydrogen (secondary N) is 1. The fraction of sp³-hybridized carbons (Fsp3) is 0.250. The molecule has 1 heterocycles. The van der Waals surface area contributed by atoms with Crippen molar-refractivity contribution >= 4 is 17.6 Å². The van der Waals surface area contributed by atoms with E-state index in [4.69, 9.17) is 0 Å². The number of benzene rings is 1. The number of nitrogens with zero attached hydrogens (tertiary/aromatic N) is 4. The Morgan fingerprint density at radius 2 is 2.19 bits per heavy atom. The van der Waals surface area contributed by atoms with Crippen molar-refractivity contribution in [1.82, 2.24) is 20.3 Å². The molecule has 2 rings (SSSR count). The van der Waals surface area contributed by atoms with Gasteiger partial charge in [-0.15, -0.1) is 5.10 Å². The van der Waals surface area contributed by atoms with Crippen LogP contribution in [0.2, 0.25) is 0 Å². The molecule has 2 aromatic rings. The van der Waals surface area contributed by atoms with Gasteiger partial charge in [-0.05, 0) is 26.3 Å². The topological polar surface area (TPSA) is 140 Å². The maximum atomic E-state index is 12.3. The monoisotopic (exact) mass is 359 g/mol. The summed E-state index contributed by atoms with van der Waals surface area (Å²) < 4.78 is 1.28. The van der Waals surface area contributed by atoms with Crippen molar-refractivity contribution in [1.29, 1.82) is 0 Å². The Kier molecular flexibility index (Phi) is 5.78. The van der Waals surface area contributed by atoms with Gasteiger partial charge in [0, 0.05) is 12.1 Å². The summed E-state index contributed by atoms with van der Waals surface area (Å²) in [5.41, 5.74) is 0.522. The molecule has 10 nitrogen and oxygen atoms in total. The summed E-state index contributed by atoms with van der Waals surface area (Å²) in [5.74, 6) is -1.85. The number of nitro groups is 1. The van der Waals surface area contributed by atoms with Gasteiger partial charge < -0.3 is 10.4 Å². The molecule has 0 aliphatic carbocycles. The number of carboxylic acid groups (broad SMARTS) is 1. The lowest BCUT2D eigenvalue weighted by Crippen LogP contribution is -2.40. The molecule has 0 bridgehead atoms. The van der Waals surface area contributed by atoms with Crippen LogP contribution in [0.25, 0.3) is 5.69 Å². The summed E-state index contributed by atoms with van der Waals surface area (Å²) in [4.78, 5) is 33.9. The molecule has 2 N–H and O–H groups in total. The van der Waals surface area contributed by atoms with E-state index in [0.717, 1.165) is 0 Å².